The van der Waals surface area contributed by atoms with Gasteiger partial charge in [0.1, 0.15) is 5.82 Å². The summed E-state index contributed by atoms with van der Waals surface area (Å²) in [6.45, 7) is 6.25. The number of benzene rings is 1. The number of aromatic nitrogens is 1. The Hall–Kier alpha value is -3.15. The second-order valence-electron chi connectivity index (χ2n) is 4.85. The molecule has 0 fully saturated rings. The minimum absolute atomic E-state index is 0.261. The summed E-state index contributed by atoms with van der Waals surface area (Å²) in [4.78, 5) is 28.0. The van der Waals surface area contributed by atoms with Crippen molar-refractivity contribution in [2.45, 2.75) is 6.92 Å². The van der Waals surface area contributed by atoms with E-state index in [1.807, 2.05) is 0 Å². The van der Waals surface area contributed by atoms with Gasteiger partial charge in [-0.15, -0.1) is 6.58 Å². The van der Waals surface area contributed by atoms with E-state index in [0.29, 0.717) is 35.8 Å². The van der Waals surface area contributed by atoms with Crippen LogP contribution in [0.1, 0.15) is 27.6 Å². The molecule has 124 valence electrons. The van der Waals surface area contributed by atoms with Gasteiger partial charge in [0.2, 0.25) is 0 Å². The van der Waals surface area contributed by atoms with Gasteiger partial charge in [-0.1, -0.05) is 6.08 Å². The summed E-state index contributed by atoms with van der Waals surface area (Å²) in [6, 6.07) is 9.81. The van der Waals surface area contributed by atoms with E-state index in [4.69, 9.17) is 4.74 Å². The molecule has 0 unspecified atom stereocenters. The van der Waals surface area contributed by atoms with Gasteiger partial charge in [-0.25, -0.2) is 9.78 Å². The van der Waals surface area contributed by atoms with Crippen molar-refractivity contribution in [2.75, 3.05) is 23.8 Å². The summed E-state index contributed by atoms with van der Waals surface area (Å²) in [6.07, 6.45) is 3.27. The SMILES string of the molecule is C=CCNc1cc(C(=O)Nc2ccc(C(=O)OCC)cc2)ccn1. The van der Waals surface area contributed by atoms with E-state index >= 15 is 0 Å². The number of pyridine rings is 1. The number of carbonyl (C=O) groups is 2. The molecule has 0 aliphatic carbocycles. The van der Waals surface area contributed by atoms with Crippen LogP contribution in [-0.2, 0) is 4.74 Å². The van der Waals surface area contributed by atoms with Gasteiger partial charge in [-0.2, -0.15) is 0 Å². The lowest BCUT2D eigenvalue weighted by Gasteiger charge is -2.08. The highest BCUT2D eigenvalue weighted by Crippen LogP contribution is 2.13. The first-order valence-corrected chi connectivity index (χ1v) is 7.53. The molecule has 0 aliphatic rings. The molecule has 6 heteroatoms. The van der Waals surface area contributed by atoms with Gasteiger partial charge in [0.25, 0.3) is 5.91 Å². The van der Waals surface area contributed by atoms with Crippen LogP contribution < -0.4 is 10.6 Å². The van der Waals surface area contributed by atoms with Crippen LogP contribution in [0.4, 0.5) is 11.5 Å². The average molecular weight is 325 g/mol. The highest BCUT2D eigenvalue weighted by Gasteiger charge is 2.09. The van der Waals surface area contributed by atoms with Gasteiger partial charge in [-0.3, -0.25) is 4.79 Å². The van der Waals surface area contributed by atoms with Gasteiger partial charge in [-0.05, 0) is 43.3 Å². The number of amides is 1. The molecular weight excluding hydrogens is 306 g/mol. The van der Waals surface area contributed by atoms with Crippen LogP contribution in [0, 0.1) is 0 Å². The van der Waals surface area contributed by atoms with Crippen LogP contribution in [0.5, 0.6) is 0 Å². The molecule has 2 N–H and O–H groups in total. The zero-order chi connectivity index (χ0) is 17.4. The van der Waals surface area contributed by atoms with E-state index in [-0.39, 0.29) is 11.9 Å². The second-order valence-corrected chi connectivity index (χ2v) is 4.85. The number of anilines is 2. The molecule has 2 aromatic rings. The number of ether oxygens (including phenoxy) is 1. The molecule has 1 amide bonds. The summed E-state index contributed by atoms with van der Waals surface area (Å²) >= 11 is 0. The molecule has 1 aromatic carbocycles. The van der Waals surface area contributed by atoms with E-state index < -0.39 is 0 Å². The van der Waals surface area contributed by atoms with Crippen LogP contribution in [0.25, 0.3) is 0 Å². The first kappa shape index (κ1) is 17.2. The van der Waals surface area contributed by atoms with Gasteiger partial charge in [0, 0.05) is 24.0 Å². The van der Waals surface area contributed by atoms with Crippen LogP contribution in [0.3, 0.4) is 0 Å². The van der Waals surface area contributed by atoms with Gasteiger partial charge >= 0.3 is 5.97 Å². The summed E-state index contributed by atoms with van der Waals surface area (Å²) in [5.74, 6) is -0.0504. The van der Waals surface area contributed by atoms with E-state index in [1.165, 1.54) is 0 Å². The predicted molar refractivity (Wildman–Crippen MR) is 93.3 cm³/mol. The minimum atomic E-state index is -0.387. The quantitative estimate of drug-likeness (QED) is 0.604. The molecule has 6 nitrogen and oxygen atoms in total. The Kier molecular flexibility index (Phi) is 6.08. The van der Waals surface area contributed by atoms with Crippen LogP contribution in [0.2, 0.25) is 0 Å². The lowest BCUT2D eigenvalue weighted by atomic mass is 10.2. The van der Waals surface area contributed by atoms with Crippen LogP contribution in [-0.4, -0.2) is 30.0 Å². The first-order valence-electron chi connectivity index (χ1n) is 7.53. The molecule has 1 aromatic heterocycles. The fourth-order valence-corrected chi connectivity index (χ4v) is 1.95. The van der Waals surface area contributed by atoms with Crippen molar-refractivity contribution in [2.24, 2.45) is 0 Å². The Bertz CT molecular complexity index is 727. The lowest BCUT2D eigenvalue weighted by molar-refractivity contribution is 0.0526. The van der Waals surface area contributed by atoms with E-state index in [9.17, 15) is 9.59 Å². The van der Waals surface area contributed by atoms with Crippen molar-refractivity contribution in [1.29, 1.82) is 0 Å². The topological polar surface area (TPSA) is 80.3 Å². The van der Waals surface area contributed by atoms with E-state index in [1.54, 1.807) is 55.6 Å². The van der Waals surface area contributed by atoms with Gasteiger partial charge in [0.15, 0.2) is 0 Å². The highest BCUT2D eigenvalue weighted by molar-refractivity contribution is 6.04. The highest BCUT2D eigenvalue weighted by atomic mass is 16.5. The second kappa shape index (κ2) is 8.47. The lowest BCUT2D eigenvalue weighted by Crippen LogP contribution is -2.13. The Morgan fingerprint density at radius 1 is 1.21 bits per heavy atom. The third-order valence-corrected chi connectivity index (χ3v) is 3.10. The molecule has 1 heterocycles. The van der Waals surface area contributed by atoms with Crippen LogP contribution in [0.15, 0.2) is 55.3 Å². The fraction of sp³-hybridized carbons (Fsp3) is 0.167. The zero-order valence-electron chi connectivity index (χ0n) is 13.4. The molecule has 0 spiro atoms. The zero-order valence-corrected chi connectivity index (χ0v) is 13.4. The molecule has 0 saturated carbocycles. The van der Waals surface area contributed by atoms with Crippen molar-refractivity contribution in [3.63, 3.8) is 0 Å². The summed E-state index contributed by atoms with van der Waals surface area (Å²) in [7, 11) is 0. The van der Waals surface area contributed by atoms with Crippen molar-refractivity contribution < 1.29 is 14.3 Å². The number of carbonyl (C=O) groups excluding carboxylic acids is 2. The van der Waals surface area contributed by atoms with Gasteiger partial charge in [0.05, 0.1) is 12.2 Å². The summed E-state index contributed by atoms with van der Waals surface area (Å²) in [5, 5.41) is 5.80. The fourth-order valence-electron chi connectivity index (χ4n) is 1.95. The maximum absolute atomic E-state index is 12.3. The molecule has 0 saturated heterocycles. The number of hydrogen-bond donors (Lipinski definition) is 2. The molecule has 24 heavy (non-hydrogen) atoms. The third kappa shape index (κ3) is 4.67. The summed E-state index contributed by atoms with van der Waals surface area (Å²) < 4.78 is 4.92. The first-order chi connectivity index (χ1) is 11.6. The molecule has 0 atom stereocenters. The number of rotatable bonds is 7. The maximum Gasteiger partial charge on any atom is 0.338 e. The molecular formula is C18H19N3O3. The Morgan fingerprint density at radius 3 is 2.62 bits per heavy atom. The minimum Gasteiger partial charge on any atom is -0.462 e. The average Bonchev–Trinajstić information content (AvgIpc) is 2.61. The molecule has 2 rings (SSSR count). The normalized spacial score (nSPS) is 9.88. The Morgan fingerprint density at radius 2 is 1.96 bits per heavy atom. The molecule has 0 aliphatic heterocycles. The van der Waals surface area contributed by atoms with E-state index in [2.05, 4.69) is 22.2 Å². The number of nitrogens with one attached hydrogen (secondary N) is 2. The van der Waals surface area contributed by atoms with Crippen molar-refractivity contribution in [1.82, 2.24) is 4.98 Å². The number of esters is 1. The largest absolute Gasteiger partial charge is 0.462 e. The Labute approximate surface area is 140 Å². The molecule has 0 bridgehead atoms. The third-order valence-electron chi connectivity index (χ3n) is 3.10. The molecule has 0 radical (unpaired) electrons. The van der Waals surface area contributed by atoms with E-state index in [0.717, 1.165) is 0 Å². The van der Waals surface area contributed by atoms with Crippen molar-refractivity contribution in [3.05, 3.63) is 66.4 Å². The number of nitrogens with zero attached hydrogens (tertiary/aromatic N) is 1. The van der Waals surface area contributed by atoms with Crippen LogP contribution >= 0.6 is 0 Å². The monoisotopic (exact) mass is 325 g/mol. The standard InChI is InChI=1S/C18H19N3O3/c1-3-10-19-16-12-14(9-11-20-16)17(22)21-15-7-5-13(6-8-15)18(23)24-4-2/h3,5-9,11-12H,1,4,10H2,2H3,(H,19,20)(H,21,22). The van der Waals surface area contributed by atoms with Gasteiger partial charge < -0.3 is 15.4 Å². The predicted octanol–water partition coefficient (Wildman–Crippen LogP) is 3.11. The Balaban J connectivity index is 2.04. The van der Waals surface area contributed by atoms with Crippen molar-refractivity contribution >= 4 is 23.4 Å². The smallest absolute Gasteiger partial charge is 0.338 e. The van der Waals surface area contributed by atoms with Crippen molar-refractivity contribution in [3.8, 4) is 0 Å². The summed E-state index contributed by atoms with van der Waals surface area (Å²) in [5.41, 5.74) is 1.51. The maximum atomic E-state index is 12.3. The number of hydrogen-bond acceptors (Lipinski definition) is 5.